The second kappa shape index (κ2) is 8.73. The van der Waals surface area contributed by atoms with Gasteiger partial charge in [0, 0.05) is 23.3 Å². The van der Waals surface area contributed by atoms with E-state index in [4.69, 9.17) is 10.1 Å². The Morgan fingerprint density at radius 3 is 2.30 bits per heavy atom. The minimum absolute atomic E-state index is 0.0117. The fourth-order valence-electron chi connectivity index (χ4n) is 4.63. The Bertz CT molecular complexity index is 1260. The van der Waals surface area contributed by atoms with E-state index in [0.717, 1.165) is 61.0 Å². The van der Waals surface area contributed by atoms with Gasteiger partial charge < -0.3 is 25.1 Å². The first-order valence-electron chi connectivity index (χ1n) is 11.2. The second-order valence-corrected chi connectivity index (χ2v) is 8.51. The van der Waals surface area contributed by atoms with E-state index in [0.29, 0.717) is 11.3 Å². The topological polar surface area (TPSA) is 98.6 Å². The van der Waals surface area contributed by atoms with Crippen molar-refractivity contribution in [2.45, 2.75) is 6.92 Å². The summed E-state index contributed by atoms with van der Waals surface area (Å²) < 4.78 is 1.90. The van der Waals surface area contributed by atoms with Gasteiger partial charge in [0.25, 0.3) is 0 Å². The molecular weight excluding hydrogens is 418 g/mol. The molecule has 33 heavy (non-hydrogen) atoms. The number of hydrogen-bond acceptors (Lipinski definition) is 6. The number of aromatic nitrogens is 3. The van der Waals surface area contributed by atoms with Crippen molar-refractivity contribution in [2.75, 3.05) is 44.2 Å². The molecule has 0 aliphatic carbocycles. The quantitative estimate of drug-likeness (QED) is 0.371. The number of quaternary nitrogens is 1. The van der Waals surface area contributed by atoms with Gasteiger partial charge in [-0.2, -0.15) is 9.61 Å². The summed E-state index contributed by atoms with van der Waals surface area (Å²) in [5.41, 5.74) is 4.92. The molecule has 2 aromatic heterocycles. The van der Waals surface area contributed by atoms with Crippen molar-refractivity contribution < 1.29 is 20.2 Å². The molecule has 0 saturated carbocycles. The summed E-state index contributed by atoms with van der Waals surface area (Å²) in [6, 6.07) is 16.6. The first kappa shape index (κ1) is 21.2. The molecule has 1 aliphatic rings. The molecular formula is C25H28N5O3+. The number of fused-ring (bicyclic) bond motifs is 1. The zero-order valence-electron chi connectivity index (χ0n) is 18.6. The monoisotopic (exact) mass is 446 g/mol. The Morgan fingerprint density at radius 2 is 1.64 bits per heavy atom. The molecule has 4 N–H and O–H groups in total. The van der Waals surface area contributed by atoms with Crippen LogP contribution in [0.15, 0.2) is 54.6 Å². The maximum Gasteiger partial charge on any atom is 0.166 e. The van der Waals surface area contributed by atoms with Crippen molar-refractivity contribution in [3.63, 3.8) is 0 Å². The average molecular weight is 447 g/mol. The molecule has 0 spiro atoms. The number of hydrogen-bond donors (Lipinski definition) is 4. The lowest BCUT2D eigenvalue weighted by atomic mass is 10.1. The van der Waals surface area contributed by atoms with E-state index >= 15 is 0 Å². The molecule has 170 valence electrons. The highest BCUT2D eigenvalue weighted by Gasteiger charge is 2.25. The number of rotatable bonds is 5. The largest absolute Gasteiger partial charge is 0.508 e. The van der Waals surface area contributed by atoms with Crippen LogP contribution in [-0.2, 0) is 0 Å². The molecule has 0 unspecified atom stereocenters. The summed E-state index contributed by atoms with van der Waals surface area (Å²) in [7, 11) is 0. The lowest BCUT2D eigenvalue weighted by Crippen LogP contribution is -3.15. The highest BCUT2D eigenvalue weighted by Crippen LogP contribution is 2.34. The first-order chi connectivity index (χ1) is 16.0. The van der Waals surface area contributed by atoms with Gasteiger partial charge in [-0.05, 0) is 24.6 Å². The number of nitrogens with one attached hydrogen (secondary N) is 1. The van der Waals surface area contributed by atoms with Crippen molar-refractivity contribution in [3.05, 3.63) is 60.3 Å². The van der Waals surface area contributed by atoms with Gasteiger partial charge >= 0.3 is 0 Å². The summed E-state index contributed by atoms with van der Waals surface area (Å²) in [5.74, 6) is 0.899. The predicted octanol–water partition coefficient (Wildman–Crippen LogP) is 1.48. The number of aliphatic hydroxyl groups is 1. The van der Waals surface area contributed by atoms with Gasteiger partial charge in [-0.15, -0.1) is 0 Å². The maximum atomic E-state index is 10.1. The minimum Gasteiger partial charge on any atom is -0.508 e. The predicted molar refractivity (Wildman–Crippen MR) is 127 cm³/mol. The van der Waals surface area contributed by atoms with Gasteiger partial charge in [-0.1, -0.05) is 30.3 Å². The molecule has 5 rings (SSSR count). The van der Waals surface area contributed by atoms with E-state index in [1.807, 2.05) is 35.7 Å². The smallest absolute Gasteiger partial charge is 0.166 e. The van der Waals surface area contributed by atoms with E-state index in [9.17, 15) is 15.3 Å². The Morgan fingerprint density at radius 1 is 0.939 bits per heavy atom. The van der Waals surface area contributed by atoms with Crippen LogP contribution in [0.25, 0.3) is 28.0 Å². The molecule has 0 atom stereocenters. The highest BCUT2D eigenvalue weighted by molar-refractivity contribution is 5.83. The SMILES string of the molecule is Cc1nn2c(N3CC[NH+](CCO)CC3)cc(-c3cc(O)cc(O)c3)nc2c1-c1ccccc1. The molecule has 1 aliphatic heterocycles. The van der Waals surface area contributed by atoms with Gasteiger partial charge in [0.05, 0.1) is 44.2 Å². The Hall–Kier alpha value is -3.62. The van der Waals surface area contributed by atoms with Crippen LogP contribution in [0.4, 0.5) is 5.82 Å². The summed E-state index contributed by atoms with van der Waals surface area (Å²) >= 11 is 0. The standard InChI is InChI=1S/C25H27N5O3/c1-17-24(18-5-3-2-4-6-18)25-26-22(19-13-20(32)15-21(33)14-19)16-23(30(25)27-17)29-9-7-28(8-10-29)11-12-31/h2-6,13-16,31-33H,7-12H2,1H3/p+1. The van der Waals surface area contributed by atoms with Crippen molar-refractivity contribution >= 4 is 11.5 Å². The third-order valence-corrected chi connectivity index (χ3v) is 6.27. The summed E-state index contributed by atoms with van der Waals surface area (Å²) in [6.45, 7) is 6.46. The Labute approximate surface area is 192 Å². The fraction of sp³-hybridized carbons (Fsp3) is 0.280. The van der Waals surface area contributed by atoms with E-state index in [1.54, 1.807) is 12.1 Å². The zero-order chi connectivity index (χ0) is 22.9. The molecule has 3 heterocycles. The van der Waals surface area contributed by atoms with Gasteiger partial charge in [0.15, 0.2) is 5.65 Å². The summed E-state index contributed by atoms with van der Waals surface area (Å²) in [4.78, 5) is 8.62. The number of phenolic OH excluding ortho intramolecular Hbond substituents is 2. The summed E-state index contributed by atoms with van der Waals surface area (Å²) in [5, 5.41) is 34.3. The summed E-state index contributed by atoms with van der Waals surface area (Å²) in [6.07, 6.45) is 0. The number of benzene rings is 2. The van der Waals surface area contributed by atoms with Gasteiger partial charge in [0.2, 0.25) is 0 Å². The van der Waals surface area contributed by atoms with Crippen LogP contribution in [0.3, 0.4) is 0 Å². The van der Waals surface area contributed by atoms with E-state index in [1.165, 1.54) is 11.0 Å². The van der Waals surface area contributed by atoms with Gasteiger partial charge in [-0.25, -0.2) is 4.98 Å². The van der Waals surface area contributed by atoms with E-state index < -0.39 is 0 Å². The first-order valence-corrected chi connectivity index (χ1v) is 11.2. The molecule has 8 nitrogen and oxygen atoms in total. The second-order valence-electron chi connectivity index (χ2n) is 8.51. The number of phenols is 2. The zero-order valence-corrected chi connectivity index (χ0v) is 18.6. The lowest BCUT2D eigenvalue weighted by Gasteiger charge is -2.33. The number of nitrogens with zero attached hydrogens (tertiary/aromatic N) is 4. The van der Waals surface area contributed by atoms with Crippen molar-refractivity contribution in [2.24, 2.45) is 0 Å². The molecule has 0 bridgehead atoms. The number of aliphatic hydroxyl groups excluding tert-OH is 1. The lowest BCUT2D eigenvalue weighted by molar-refractivity contribution is -0.900. The van der Waals surface area contributed by atoms with Crippen molar-refractivity contribution in [1.29, 1.82) is 0 Å². The molecule has 2 aromatic carbocycles. The van der Waals surface area contributed by atoms with Crippen LogP contribution in [0.5, 0.6) is 11.5 Å². The van der Waals surface area contributed by atoms with E-state index in [-0.39, 0.29) is 18.1 Å². The number of aryl methyl sites for hydroxylation is 1. The van der Waals surface area contributed by atoms with Crippen LogP contribution in [0.1, 0.15) is 5.69 Å². The third-order valence-electron chi connectivity index (χ3n) is 6.27. The molecule has 0 radical (unpaired) electrons. The highest BCUT2D eigenvalue weighted by atomic mass is 16.3. The molecule has 1 saturated heterocycles. The average Bonchev–Trinajstić information content (AvgIpc) is 3.15. The Kier molecular flexibility index (Phi) is 5.62. The van der Waals surface area contributed by atoms with Crippen molar-refractivity contribution in [1.82, 2.24) is 14.6 Å². The number of aromatic hydroxyl groups is 2. The van der Waals surface area contributed by atoms with Crippen molar-refractivity contribution in [3.8, 4) is 33.9 Å². The van der Waals surface area contributed by atoms with Crippen LogP contribution < -0.4 is 9.80 Å². The normalized spacial score (nSPS) is 14.8. The maximum absolute atomic E-state index is 10.1. The molecule has 8 heteroatoms. The minimum atomic E-state index is -0.0117. The van der Waals surface area contributed by atoms with E-state index in [2.05, 4.69) is 17.0 Å². The Balaban J connectivity index is 1.68. The van der Waals surface area contributed by atoms with Crippen LogP contribution >= 0.6 is 0 Å². The fourth-order valence-corrected chi connectivity index (χ4v) is 4.63. The van der Waals surface area contributed by atoms with Crippen LogP contribution in [0.2, 0.25) is 0 Å². The third kappa shape index (κ3) is 4.10. The van der Waals surface area contributed by atoms with Gasteiger partial charge in [-0.3, -0.25) is 0 Å². The van der Waals surface area contributed by atoms with Crippen LogP contribution in [-0.4, -0.2) is 69.2 Å². The number of anilines is 1. The van der Waals surface area contributed by atoms with Crippen LogP contribution in [0, 0.1) is 6.92 Å². The molecule has 1 fully saturated rings. The number of piperazine rings is 1. The molecule has 4 aromatic rings. The van der Waals surface area contributed by atoms with Gasteiger partial charge in [0.1, 0.15) is 23.9 Å². The molecule has 0 amide bonds.